The maximum Gasteiger partial charge on any atom is 0.285 e. The molecule has 0 aliphatic heterocycles. The summed E-state index contributed by atoms with van der Waals surface area (Å²) in [6, 6.07) is 5.54. The Morgan fingerprint density at radius 1 is 1.28 bits per heavy atom. The van der Waals surface area contributed by atoms with Crippen LogP contribution in [0.25, 0.3) is 0 Å². The van der Waals surface area contributed by atoms with Gasteiger partial charge in [0.15, 0.2) is 11.5 Å². The number of nitrogens with zero attached hydrogens (tertiary/aromatic N) is 1. The molecule has 8 heteroatoms. The van der Waals surface area contributed by atoms with Gasteiger partial charge in [-0.2, -0.15) is 0 Å². The van der Waals surface area contributed by atoms with Gasteiger partial charge in [0.25, 0.3) is 11.4 Å². The zero-order valence-electron chi connectivity index (χ0n) is 14.7. The highest BCUT2D eigenvalue weighted by atomic mass is 35.5. The number of hydrogen-bond acceptors (Lipinski definition) is 6. The highest BCUT2D eigenvalue weighted by Gasteiger charge is 2.16. The summed E-state index contributed by atoms with van der Waals surface area (Å²) < 4.78 is 16.2. The molecule has 1 atom stereocenters. The molecule has 2 N–H and O–H groups in total. The molecule has 1 aromatic heterocycles. The molecule has 136 valence electrons. The minimum absolute atomic E-state index is 0.00813. The standard InChI is InChI=1S/C17H22ClN3O4/c1-5-10(2)25-17-15(14(18)16(22)20-21-17)19-9-11-6-7-12(23-3)13(8-11)24-4/h6-8,10H,5,9H2,1-4H3,(H2,19,20,22). The fraction of sp³-hybridized carbons (Fsp3) is 0.412. The van der Waals surface area contributed by atoms with Crippen molar-refractivity contribution >= 4 is 17.3 Å². The van der Waals surface area contributed by atoms with Crippen molar-refractivity contribution in [2.24, 2.45) is 0 Å². The molecule has 1 heterocycles. The van der Waals surface area contributed by atoms with Gasteiger partial charge in [-0.3, -0.25) is 4.79 Å². The molecule has 0 saturated heterocycles. The SMILES string of the molecule is CCC(C)Oc1n[nH]c(=O)c(Cl)c1NCc1ccc(OC)c(OC)c1. The molecule has 2 rings (SSSR count). The van der Waals surface area contributed by atoms with Crippen LogP contribution in [0.5, 0.6) is 17.4 Å². The third kappa shape index (κ3) is 4.57. The fourth-order valence-electron chi connectivity index (χ4n) is 2.11. The van der Waals surface area contributed by atoms with Crippen molar-refractivity contribution in [2.75, 3.05) is 19.5 Å². The summed E-state index contributed by atoms with van der Waals surface area (Å²) >= 11 is 6.13. The molecule has 0 aliphatic rings. The van der Waals surface area contributed by atoms with Crippen LogP contribution in [0.2, 0.25) is 5.02 Å². The van der Waals surface area contributed by atoms with Crippen LogP contribution in [0.1, 0.15) is 25.8 Å². The fourth-order valence-corrected chi connectivity index (χ4v) is 2.30. The van der Waals surface area contributed by atoms with Crippen LogP contribution in [-0.2, 0) is 6.54 Å². The quantitative estimate of drug-likeness (QED) is 0.745. The van der Waals surface area contributed by atoms with E-state index in [0.29, 0.717) is 23.7 Å². The second-order valence-electron chi connectivity index (χ2n) is 5.43. The van der Waals surface area contributed by atoms with Crippen molar-refractivity contribution in [1.82, 2.24) is 10.2 Å². The van der Waals surface area contributed by atoms with Gasteiger partial charge in [-0.25, -0.2) is 5.10 Å². The number of methoxy groups -OCH3 is 2. The monoisotopic (exact) mass is 367 g/mol. The number of hydrogen-bond donors (Lipinski definition) is 2. The Balaban J connectivity index is 2.25. The summed E-state index contributed by atoms with van der Waals surface area (Å²) in [7, 11) is 3.15. The van der Waals surface area contributed by atoms with E-state index >= 15 is 0 Å². The van der Waals surface area contributed by atoms with Crippen LogP contribution < -0.4 is 25.1 Å². The molecule has 0 saturated carbocycles. The molecular formula is C17H22ClN3O4. The second kappa shape index (κ2) is 8.62. The Morgan fingerprint density at radius 2 is 2.00 bits per heavy atom. The lowest BCUT2D eigenvalue weighted by molar-refractivity contribution is 0.207. The van der Waals surface area contributed by atoms with Crippen molar-refractivity contribution in [1.29, 1.82) is 0 Å². The molecule has 1 aromatic carbocycles. The van der Waals surface area contributed by atoms with Crippen molar-refractivity contribution in [2.45, 2.75) is 32.9 Å². The number of benzene rings is 1. The maximum atomic E-state index is 11.8. The molecular weight excluding hydrogens is 346 g/mol. The first-order valence-corrected chi connectivity index (χ1v) is 8.27. The van der Waals surface area contributed by atoms with Crippen LogP contribution in [-0.4, -0.2) is 30.5 Å². The van der Waals surface area contributed by atoms with E-state index in [1.807, 2.05) is 32.0 Å². The van der Waals surface area contributed by atoms with Crippen molar-refractivity contribution in [3.8, 4) is 17.4 Å². The van der Waals surface area contributed by atoms with Gasteiger partial charge < -0.3 is 19.5 Å². The van der Waals surface area contributed by atoms with E-state index in [0.717, 1.165) is 12.0 Å². The summed E-state index contributed by atoms with van der Waals surface area (Å²) in [5, 5.41) is 9.41. The normalized spacial score (nSPS) is 11.7. The van der Waals surface area contributed by atoms with E-state index in [4.69, 9.17) is 25.8 Å². The predicted molar refractivity (Wildman–Crippen MR) is 97.1 cm³/mol. The highest BCUT2D eigenvalue weighted by Crippen LogP contribution is 2.30. The van der Waals surface area contributed by atoms with Crippen molar-refractivity contribution in [3.05, 3.63) is 39.1 Å². The number of rotatable bonds is 8. The van der Waals surface area contributed by atoms with Gasteiger partial charge >= 0.3 is 0 Å². The van der Waals surface area contributed by atoms with E-state index in [1.165, 1.54) is 0 Å². The average Bonchev–Trinajstić information content (AvgIpc) is 2.63. The first-order chi connectivity index (χ1) is 12.0. The van der Waals surface area contributed by atoms with E-state index in [9.17, 15) is 4.79 Å². The highest BCUT2D eigenvalue weighted by molar-refractivity contribution is 6.33. The Morgan fingerprint density at radius 3 is 2.64 bits per heavy atom. The largest absolute Gasteiger partial charge is 0.493 e. The van der Waals surface area contributed by atoms with Crippen molar-refractivity contribution in [3.63, 3.8) is 0 Å². The number of H-pyrrole nitrogens is 1. The van der Waals surface area contributed by atoms with Crippen LogP contribution in [0.15, 0.2) is 23.0 Å². The smallest absolute Gasteiger partial charge is 0.285 e. The van der Waals surface area contributed by atoms with Gasteiger partial charge in [-0.05, 0) is 31.0 Å². The molecule has 0 fully saturated rings. The number of anilines is 1. The first kappa shape index (κ1) is 18.9. The Kier molecular flexibility index (Phi) is 6.52. The summed E-state index contributed by atoms with van der Waals surface area (Å²) in [5.41, 5.74) is 0.803. The van der Waals surface area contributed by atoms with Gasteiger partial charge in [0, 0.05) is 6.54 Å². The Bertz CT molecular complexity index is 779. The van der Waals surface area contributed by atoms with Gasteiger partial charge in [0.1, 0.15) is 10.7 Å². The van der Waals surface area contributed by atoms with E-state index in [-0.39, 0.29) is 17.0 Å². The van der Waals surface area contributed by atoms with Crippen LogP contribution in [0, 0.1) is 0 Å². The molecule has 25 heavy (non-hydrogen) atoms. The third-order valence-electron chi connectivity index (χ3n) is 3.70. The number of aromatic nitrogens is 2. The molecule has 0 amide bonds. The summed E-state index contributed by atoms with van der Waals surface area (Å²) in [6.07, 6.45) is 0.740. The van der Waals surface area contributed by atoms with E-state index in [1.54, 1.807) is 14.2 Å². The van der Waals surface area contributed by atoms with Gasteiger partial charge in [-0.15, -0.1) is 5.10 Å². The number of aromatic amines is 1. The lowest BCUT2D eigenvalue weighted by Crippen LogP contribution is -2.18. The van der Waals surface area contributed by atoms with Gasteiger partial charge in [0.2, 0.25) is 0 Å². The van der Waals surface area contributed by atoms with Crippen LogP contribution in [0.4, 0.5) is 5.69 Å². The van der Waals surface area contributed by atoms with Gasteiger partial charge in [0.05, 0.1) is 20.3 Å². The molecule has 0 spiro atoms. The zero-order chi connectivity index (χ0) is 18.4. The molecule has 0 aliphatic carbocycles. The number of nitrogens with one attached hydrogen (secondary N) is 2. The van der Waals surface area contributed by atoms with E-state index < -0.39 is 5.56 Å². The first-order valence-electron chi connectivity index (χ1n) is 7.89. The lowest BCUT2D eigenvalue weighted by atomic mass is 10.2. The molecule has 7 nitrogen and oxygen atoms in total. The van der Waals surface area contributed by atoms with Crippen LogP contribution >= 0.6 is 11.6 Å². The third-order valence-corrected chi connectivity index (χ3v) is 4.06. The molecule has 1 unspecified atom stereocenters. The lowest BCUT2D eigenvalue weighted by Gasteiger charge is -2.16. The van der Waals surface area contributed by atoms with E-state index in [2.05, 4.69) is 15.5 Å². The van der Waals surface area contributed by atoms with Crippen molar-refractivity contribution < 1.29 is 14.2 Å². The average molecular weight is 368 g/mol. The van der Waals surface area contributed by atoms with Gasteiger partial charge in [-0.1, -0.05) is 24.6 Å². The molecule has 0 radical (unpaired) electrons. The Hall–Kier alpha value is -2.41. The second-order valence-corrected chi connectivity index (χ2v) is 5.80. The minimum Gasteiger partial charge on any atom is -0.493 e. The number of ether oxygens (including phenoxy) is 3. The summed E-state index contributed by atoms with van der Waals surface area (Å²) in [4.78, 5) is 11.8. The number of halogens is 1. The molecule has 0 bridgehead atoms. The topological polar surface area (TPSA) is 85.5 Å². The summed E-state index contributed by atoms with van der Waals surface area (Å²) in [5.74, 6) is 1.52. The molecule has 2 aromatic rings. The summed E-state index contributed by atoms with van der Waals surface area (Å²) in [6.45, 7) is 4.32. The van der Waals surface area contributed by atoms with Crippen LogP contribution in [0.3, 0.4) is 0 Å². The Labute approximate surface area is 151 Å². The maximum absolute atomic E-state index is 11.8. The minimum atomic E-state index is -0.479. The zero-order valence-corrected chi connectivity index (χ0v) is 15.4. The predicted octanol–water partition coefficient (Wildman–Crippen LogP) is 3.23.